The van der Waals surface area contributed by atoms with Crippen LogP contribution in [-0.4, -0.2) is 84.7 Å². The number of ketones is 1. The molecule has 268 valence electrons. The van der Waals surface area contributed by atoms with Crippen LogP contribution in [0.4, 0.5) is 17.1 Å². The fourth-order valence-corrected chi connectivity index (χ4v) is 8.25. The van der Waals surface area contributed by atoms with Crippen LogP contribution >= 0.6 is 23.5 Å². The first-order valence-electron chi connectivity index (χ1n) is 17.6. The van der Waals surface area contributed by atoms with Crippen LogP contribution < -0.4 is 10.2 Å². The molecule has 4 aromatic rings. The molecule has 12 heteroatoms. The predicted octanol–water partition coefficient (Wildman–Crippen LogP) is 7.87. The highest BCUT2D eigenvalue weighted by molar-refractivity contribution is 7.99. The van der Waals surface area contributed by atoms with E-state index in [1.165, 1.54) is 10.6 Å². The highest BCUT2D eigenvalue weighted by Crippen LogP contribution is 2.49. The third-order valence-electron chi connectivity index (χ3n) is 9.42. The summed E-state index contributed by atoms with van der Waals surface area (Å²) in [5, 5.41) is 6.81. The van der Waals surface area contributed by atoms with Crippen LogP contribution in [-0.2, 0) is 16.0 Å². The Morgan fingerprint density at radius 1 is 0.846 bits per heavy atom. The van der Waals surface area contributed by atoms with E-state index in [4.69, 9.17) is 5.53 Å². The fourth-order valence-electron chi connectivity index (χ4n) is 6.65. The van der Waals surface area contributed by atoms with E-state index in [9.17, 15) is 14.4 Å². The summed E-state index contributed by atoms with van der Waals surface area (Å²) in [5.74, 6) is 0.494. The smallest absolute Gasteiger partial charge is 0.245 e. The van der Waals surface area contributed by atoms with Gasteiger partial charge >= 0.3 is 0 Å². The third-order valence-corrected chi connectivity index (χ3v) is 11.2. The van der Waals surface area contributed by atoms with Gasteiger partial charge in [-0.1, -0.05) is 89.7 Å². The molecule has 4 aromatic carbocycles. The van der Waals surface area contributed by atoms with Crippen molar-refractivity contribution in [3.63, 3.8) is 0 Å². The average Bonchev–Trinajstić information content (AvgIpc) is 3.18. The van der Waals surface area contributed by atoms with Crippen LogP contribution in [0.1, 0.15) is 40.7 Å². The summed E-state index contributed by atoms with van der Waals surface area (Å²) in [6.07, 6.45) is 4.75. The molecule has 0 aromatic heterocycles. The first kappa shape index (κ1) is 37.0. The molecule has 1 N–H and O–H groups in total. The zero-order valence-electron chi connectivity index (χ0n) is 29.3. The number of carbonyl (C=O) groups excluding carboxylic acids is 3. The zero-order chi connectivity index (χ0) is 36.3. The Labute approximate surface area is 313 Å². The Morgan fingerprint density at radius 2 is 1.54 bits per heavy atom. The highest BCUT2D eigenvalue weighted by Gasteiger charge is 2.29. The van der Waals surface area contributed by atoms with Crippen molar-refractivity contribution in [1.82, 2.24) is 15.1 Å². The molecule has 1 fully saturated rings. The molecule has 2 amide bonds. The molecule has 0 radical (unpaired) electrons. The van der Waals surface area contributed by atoms with Crippen molar-refractivity contribution in [2.45, 2.75) is 41.5 Å². The van der Waals surface area contributed by atoms with Crippen molar-refractivity contribution in [3.8, 4) is 0 Å². The summed E-state index contributed by atoms with van der Waals surface area (Å²) >= 11 is 3.36. The summed E-state index contributed by atoms with van der Waals surface area (Å²) in [5.41, 5.74) is 13.8. The number of anilines is 2. The van der Waals surface area contributed by atoms with E-state index in [1.807, 2.05) is 53.6 Å². The second-order valence-corrected chi connectivity index (χ2v) is 15.0. The molecular weight excluding hydrogens is 691 g/mol. The minimum atomic E-state index is -0.568. The zero-order valence-corrected chi connectivity index (χ0v) is 31.0. The van der Waals surface area contributed by atoms with Crippen molar-refractivity contribution < 1.29 is 14.4 Å². The molecule has 2 heterocycles. The van der Waals surface area contributed by atoms with E-state index in [2.05, 4.69) is 43.3 Å². The van der Waals surface area contributed by atoms with E-state index >= 15 is 0 Å². The van der Waals surface area contributed by atoms with Gasteiger partial charge in [0.05, 0.1) is 17.8 Å². The molecule has 1 atom stereocenters. The number of fused-ring (bicyclic) bond motifs is 2. The number of benzene rings is 4. The Morgan fingerprint density at radius 3 is 2.29 bits per heavy atom. The summed E-state index contributed by atoms with van der Waals surface area (Å²) in [6.45, 7) is 4.71. The summed E-state index contributed by atoms with van der Waals surface area (Å²) in [6, 6.07) is 29.9. The quantitative estimate of drug-likeness (QED) is 0.0434. The van der Waals surface area contributed by atoms with Gasteiger partial charge in [-0.05, 0) is 73.2 Å². The van der Waals surface area contributed by atoms with Crippen LogP contribution in [0.5, 0.6) is 0 Å². The Hall–Kier alpha value is -4.74. The van der Waals surface area contributed by atoms with E-state index in [-0.39, 0.29) is 24.0 Å². The average molecular weight is 734 g/mol. The highest BCUT2D eigenvalue weighted by atomic mass is 32.2. The van der Waals surface area contributed by atoms with Gasteiger partial charge in [-0.3, -0.25) is 19.3 Å². The molecule has 2 aliphatic rings. The van der Waals surface area contributed by atoms with Crippen LogP contribution in [0, 0.1) is 0 Å². The number of unbranched alkanes of at least 4 members (excludes halogenated alkanes) is 1. The van der Waals surface area contributed by atoms with Crippen LogP contribution in [0.2, 0.25) is 0 Å². The van der Waals surface area contributed by atoms with Gasteiger partial charge in [-0.15, -0.1) is 0 Å². The second kappa shape index (κ2) is 18.1. The lowest BCUT2D eigenvalue weighted by Crippen LogP contribution is -2.55. The molecule has 10 nitrogen and oxygen atoms in total. The maximum Gasteiger partial charge on any atom is 0.245 e. The third kappa shape index (κ3) is 9.37. The van der Waals surface area contributed by atoms with E-state index in [0.717, 1.165) is 60.9 Å². The van der Waals surface area contributed by atoms with Gasteiger partial charge in [-0.2, -0.15) is 11.8 Å². The molecule has 6 rings (SSSR count). The van der Waals surface area contributed by atoms with E-state index < -0.39 is 6.04 Å². The number of hydrogen-bond acceptors (Lipinski definition) is 8. The van der Waals surface area contributed by atoms with Crippen molar-refractivity contribution in [2.24, 2.45) is 5.11 Å². The number of piperazine rings is 1. The Balaban J connectivity index is 0.969. The molecule has 0 aliphatic carbocycles. The number of para-hydroxylation sites is 1. The first-order chi connectivity index (χ1) is 25.4. The van der Waals surface area contributed by atoms with Gasteiger partial charge in [0.15, 0.2) is 5.78 Å². The number of amides is 2. The van der Waals surface area contributed by atoms with Crippen molar-refractivity contribution in [3.05, 3.63) is 124 Å². The topological polar surface area (TPSA) is 122 Å². The molecule has 0 spiro atoms. The van der Waals surface area contributed by atoms with Crippen molar-refractivity contribution in [1.29, 1.82) is 0 Å². The maximum atomic E-state index is 13.7. The number of rotatable bonds is 15. The van der Waals surface area contributed by atoms with Crippen LogP contribution in [0.3, 0.4) is 0 Å². The molecular formula is C40H43N7O3S2. The molecule has 0 saturated carbocycles. The lowest BCUT2D eigenvalue weighted by Gasteiger charge is -2.37. The second-order valence-electron chi connectivity index (χ2n) is 12.9. The maximum absolute atomic E-state index is 13.7. The summed E-state index contributed by atoms with van der Waals surface area (Å²) < 4.78 is 0. The molecule has 0 bridgehead atoms. The summed E-state index contributed by atoms with van der Waals surface area (Å²) in [7, 11) is 0. The lowest BCUT2D eigenvalue weighted by molar-refractivity contribution is -0.137. The Kier molecular flexibility index (Phi) is 12.9. The number of nitrogens with zero attached hydrogens (tertiary/aromatic N) is 6. The number of thioether (sulfide) groups is 1. The normalized spacial score (nSPS) is 14.5. The van der Waals surface area contributed by atoms with Gasteiger partial charge < -0.3 is 15.1 Å². The monoisotopic (exact) mass is 733 g/mol. The predicted molar refractivity (Wildman–Crippen MR) is 210 cm³/mol. The SMILES string of the molecule is CSCCC(NC(=O)Cc1ccc(C(=O)c2ccccc2)cc1)C(=O)N1CCN(CCCCN2c3ccccc3Sc3cc(N=[N+]=[N-])ccc32)CC1. The van der Waals surface area contributed by atoms with Gasteiger partial charge in [0, 0.05) is 64.2 Å². The van der Waals surface area contributed by atoms with Crippen LogP contribution in [0.25, 0.3) is 10.4 Å². The van der Waals surface area contributed by atoms with E-state index in [1.54, 1.807) is 59.9 Å². The van der Waals surface area contributed by atoms with E-state index in [0.29, 0.717) is 36.3 Å². The van der Waals surface area contributed by atoms with Crippen LogP contribution in [0.15, 0.2) is 112 Å². The number of carbonyl (C=O) groups is 3. The summed E-state index contributed by atoms with van der Waals surface area (Å²) in [4.78, 5) is 51.4. The Bertz CT molecular complexity index is 1910. The van der Waals surface area contributed by atoms with Gasteiger partial charge in [0.25, 0.3) is 0 Å². The largest absolute Gasteiger partial charge is 0.344 e. The molecule has 1 unspecified atom stereocenters. The van der Waals surface area contributed by atoms with Crippen molar-refractivity contribution in [2.75, 3.05) is 56.2 Å². The van der Waals surface area contributed by atoms with Gasteiger partial charge in [0.2, 0.25) is 11.8 Å². The minimum Gasteiger partial charge on any atom is -0.344 e. The van der Waals surface area contributed by atoms with Gasteiger partial charge in [0.1, 0.15) is 6.04 Å². The fraction of sp³-hybridized carbons (Fsp3) is 0.325. The molecule has 52 heavy (non-hydrogen) atoms. The first-order valence-corrected chi connectivity index (χ1v) is 19.9. The molecule has 1 saturated heterocycles. The van der Waals surface area contributed by atoms with Crippen molar-refractivity contribution >= 4 is 58.2 Å². The number of azide groups is 1. The lowest BCUT2D eigenvalue weighted by atomic mass is 10.0. The number of nitrogens with one attached hydrogen (secondary N) is 1. The number of hydrogen-bond donors (Lipinski definition) is 1. The molecule has 2 aliphatic heterocycles. The minimum absolute atomic E-state index is 0.0187. The van der Waals surface area contributed by atoms with Gasteiger partial charge in [-0.25, -0.2) is 0 Å². The standard InChI is InChI=1S/C40H43N7O3S2/c1-51-26-19-33(42-38(48)27-29-13-15-31(16-14-29)39(49)30-9-3-2-4-10-30)40(50)46-24-22-45(23-25-46)20-7-8-21-47-34-11-5-6-12-36(34)52-37-28-32(43-44-41)17-18-35(37)47/h2-6,9-18,28,33H,7-8,19-27H2,1H3,(H,42,48).